The highest BCUT2D eigenvalue weighted by Crippen LogP contribution is 2.16. The number of nitrogens with one attached hydrogen (secondary N) is 1. The molecule has 1 amide bonds. The van der Waals surface area contributed by atoms with Gasteiger partial charge in [0.2, 0.25) is 0 Å². The number of hydrogen-bond acceptors (Lipinski definition) is 4. The average molecular weight is 294 g/mol. The number of amides is 1. The topological polar surface area (TPSA) is 75.1 Å². The summed E-state index contributed by atoms with van der Waals surface area (Å²) in [5.41, 5.74) is -0.0331. The van der Waals surface area contributed by atoms with Crippen LogP contribution in [0.2, 0.25) is 0 Å². The Hall–Kier alpha value is -1.95. The monoisotopic (exact) mass is 293 g/mol. The second-order valence-corrected chi connectivity index (χ2v) is 4.10. The van der Waals surface area contributed by atoms with E-state index in [1.54, 1.807) is 24.4 Å². The van der Waals surface area contributed by atoms with E-state index in [9.17, 15) is 9.90 Å². The van der Waals surface area contributed by atoms with Gasteiger partial charge in [0.25, 0.3) is 5.91 Å². The summed E-state index contributed by atoms with van der Waals surface area (Å²) in [6.07, 6.45) is 2.99. The van der Waals surface area contributed by atoms with Crippen LogP contribution in [0.5, 0.6) is 5.75 Å². The summed E-state index contributed by atoms with van der Waals surface area (Å²) in [5, 5.41) is 12.0. The van der Waals surface area contributed by atoms with E-state index in [-0.39, 0.29) is 11.4 Å². The molecule has 0 unspecified atom stereocenters. The van der Waals surface area contributed by atoms with E-state index in [4.69, 9.17) is 0 Å². The molecule has 0 aliphatic rings. The molecule has 0 spiro atoms. The van der Waals surface area contributed by atoms with Gasteiger partial charge in [-0.1, -0.05) is 15.9 Å². The van der Waals surface area contributed by atoms with Gasteiger partial charge in [-0.3, -0.25) is 4.79 Å². The number of aromatic hydroxyl groups is 1. The first kappa shape index (κ1) is 11.5. The van der Waals surface area contributed by atoms with Gasteiger partial charge >= 0.3 is 0 Å². The number of rotatable bonds is 2. The van der Waals surface area contributed by atoms with Crippen LogP contribution in [-0.2, 0) is 0 Å². The minimum absolute atomic E-state index is 0.0331. The fraction of sp³-hybridized carbons (Fsp3) is 0. The van der Waals surface area contributed by atoms with Gasteiger partial charge in [0, 0.05) is 16.9 Å². The molecule has 0 aliphatic carbocycles. The van der Waals surface area contributed by atoms with E-state index >= 15 is 0 Å². The smallest absolute Gasteiger partial charge is 0.279 e. The summed E-state index contributed by atoms with van der Waals surface area (Å²) in [7, 11) is 0. The second kappa shape index (κ2) is 4.92. The summed E-state index contributed by atoms with van der Waals surface area (Å²) >= 11 is 3.27. The molecule has 0 saturated heterocycles. The van der Waals surface area contributed by atoms with Crippen molar-refractivity contribution in [2.24, 2.45) is 0 Å². The number of pyridine rings is 2. The van der Waals surface area contributed by atoms with Crippen LogP contribution in [-0.4, -0.2) is 21.0 Å². The maximum atomic E-state index is 11.8. The molecule has 5 nitrogen and oxygen atoms in total. The lowest BCUT2D eigenvalue weighted by molar-refractivity contribution is 0.101. The van der Waals surface area contributed by atoms with Crippen molar-refractivity contribution in [2.75, 3.05) is 5.32 Å². The van der Waals surface area contributed by atoms with Crippen LogP contribution in [0.3, 0.4) is 0 Å². The van der Waals surface area contributed by atoms with Crippen molar-refractivity contribution < 1.29 is 9.90 Å². The quantitative estimate of drug-likeness (QED) is 0.890. The first-order valence-corrected chi connectivity index (χ1v) is 5.53. The molecule has 2 N–H and O–H groups in total. The minimum Gasteiger partial charge on any atom is -0.505 e. The van der Waals surface area contributed by atoms with Gasteiger partial charge < -0.3 is 10.4 Å². The minimum atomic E-state index is -0.506. The molecule has 0 radical (unpaired) electrons. The number of nitrogens with zero attached hydrogens (tertiary/aromatic N) is 2. The van der Waals surface area contributed by atoms with E-state index in [0.29, 0.717) is 5.82 Å². The standard InChI is InChI=1S/C11H8BrN3O2/c12-7-3-5-13-9(6-7)15-11(17)10-8(16)2-1-4-14-10/h1-6,16H,(H,13,15,17). The van der Waals surface area contributed by atoms with E-state index < -0.39 is 5.91 Å². The van der Waals surface area contributed by atoms with Crippen molar-refractivity contribution in [3.8, 4) is 5.75 Å². The molecule has 0 aromatic carbocycles. The number of aromatic nitrogens is 2. The average Bonchev–Trinajstić information content (AvgIpc) is 2.29. The maximum Gasteiger partial charge on any atom is 0.279 e. The second-order valence-electron chi connectivity index (χ2n) is 3.18. The third-order valence-corrected chi connectivity index (χ3v) is 2.46. The van der Waals surface area contributed by atoms with Gasteiger partial charge in [-0.2, -0.15) is 0 Å². The van der Waals surface area contributed by atoms with Gasteiger partial charge in [-0.25, -0.2) is 9.97 Å². The Morgan fingerprint density at radius 1 is 1.29 bits per heavy atom. The van der Waals surface area contributed by atoms with Crippen LogP contribution >= 0.6 is 15.9 Å². The normalized spacial score (nSPS) is 9.94. The molecular formula is C11H8BrN3O2. The number of hydrogen-bond donors (Lipinski definition) is 2. The van der Waals surface area contributed by atoms with Gasteiger partial charge in [0.15, 0.2) is 5.69 Å². The lowest BCUT2D eigenvalue weighted by Gasteiger charge is -2.04. The van der Waals surface area contributed by atoms with Crippen LogP contribution in [0.4, 0.5) is 5.82 Å². The van der Waals surface area contributed by atoms with E-state index in [0.717, 1.165) is 4.47 Å². The first-order chi connectivity index (χ1) is 8.16. The third-order valence-electron chi connectivity index (χ3n) is 1.97. The van der Waals surface area contributed by atoms with Crippen molar-refractivity contribution in [3.63, 3.8) is 0 Å². The Bertz CT molecular complexity index is 560. The molecule has 86 valence electrons. The van der Waals surface area contributed by atoms with Crippen LogP contribution in [0.25, 0.3) is 0 Å². The van der Waals surface area contributed by atoms with Crippen molar-refractivity contribution in [1.82, 2.24) is 9.97 Å². The summed E-state index contributed by atoms with van der Waals surface area (Å²) in [6, 6.07) is 6.34. The predicted molar refractivity (Wildman–Crippen MR) is 65.8 cm³/mol. The Morgan fingerprint density at radius 3 is 2.82 bits per heavy atom. The predicted octanol–water partition coefficient (Wildman–Crippen LogP) is 2.20. The van der Waals surface area contributed by atoms with Crippen molar-refractivity contribution in [3.05, 3.63) is 46.8 Å². The molecule has 17 heavy (non-hydrogen) atoms. The zero-order valence-corrected chi connectivity index (χ0v) is 10.2. The molecule has 2 aromatic heterocycles. The molecule has 0 fully saturated rings. The highest BCUT2D eigenvalue weighted by atomic mass is 79.9. The Balaban J connectivity index is 2.20. The summed E-state index contributed by atoms with van der Waals surface area (Å²) in [6.45, 7) is 0. The number of carbonyl (C=O) groups is 1. The summed E-state index contributed by atoms with van der Waals surface area (Å²) in [5.74, 6) is -0.289. The Labute approximate surface area is 106 Å². The van der Waals surface area contributed by atoms with Crippen molar-refractivity contribution in [2.45, 2.75) is 0 Å². The molecule has 2 heterocycles. The van der Waals surface area contributed by atoms with Crippen LogP contribution < -0.4 is 5.32 Å². The molecular weight excluding hydrogens is 286 g/mol. The van der Waals surface area contributed by atoms with Gasteiger partial charge in [-0.05, 0) is 24.3 Å². The SMILES string of the molecule is O=C(Nc1cc(Br)ccn1)c1ncccc1O. The molecule has 2 aromatic rings. The number of halogens is 1. The number of anilines is 1. The third kappa shape index (κ3) is 2.79. The summed E-state index contributed by atoms with van der Waals surface area (Å²) in [4.78, 5) is 19.5. The fourth-order valence-corrected chi connectivity index (χ4v) is 1.56. The molecule has 0 saturated carbocycles. The Morgan fingerprint density at radius 2 is 2.12 bits per heavy atom. The lowest BCUT2D eigenvalue weighted by Crippen LogP contribution is -2.14. The van der Waals surface area contributed by atoms with Gasteiger partial charge in [0.1, 0.15) is 11.6 Å². The van der Waals surface area contributed by atoms with Crippen molar-refractivity contribution in [1.29, 1.82) is 0 Å². The van der Waals surface area contributed by atoms with Gasteiger partial charge in [0.05, 0.1) is 0 Å². The molecule has 6 heteroatoms. The molecule has 2 rings (SSSR count). The molecule has 0 aliphatic heterocycles. The van der Waals surface area contributed by atoms with Gasteiger partial charge in [-0.15, -0.1) is 0 Å². The van der Waals surface area contributed by atoms with Crippen molar-refractivity contribution >= 4 is 27.7 Å². The summed E-state index contributed by atoms with van der Waals surface area (Å²) < 4.78 is 0.799. The van der Waals surface area contributed by atoms with E-state index in [1.807, 2.05) is 0 Å². The zero-order valence-electron chi connectivity index (χ0n) is 8.59. The lowest BCUT2D eigenvalue weighted by atomic mass is 10.3. The zero-order chi connectivity index (χ0) is 12.3. The highest BCUT2D eigenvalue weighted by molar-refractivity contribution is 9.10. The van der Waals surface area contributed by atoms with E-state index in [1.165, 1.54) is 12.3 Å². The van der Waals surface area contributed by atoms with Crippen LogP contribution in [0.15, 0.2) is 41.1 Å². The van der Waals surface area contributed by atoms with E-state index in [2.05, 4.69) is 31.2 Å². The molecule has 0 atom stereocenters. The Kier molecular flexibility index (Phi) is 3.34. The largest absolute Gasteiger partial charge is 0.505 e. The fourth-order valence-electron chi connectivity index (χ4n) is 1.22. The van der Waals surface area contributed by atoms with Crippen LogP contribution in [0, 0.1) is 0 Å². The number of carbonyl (C=O) groups excluding carboxylic acids is 1. The molecule has 0 bridgehead atoms. The first-order valence-electron chi connectivity index (χ1n) is 4.74. The maximum absolute atomic E-state index is 11.8. The van der Waals surface area contributed by atoms with Crippen LogP contribution in [0.1, 0.15) is 10.5 Å². The highest BCUT2D eigenvalue weighted by Gasteiger charge is 2.12.